The summed E-state index contributed by atoms with van der Waals surface area (Å²) in [5.74, 6) is -1.70. The van der Waals surface area contributed by atoms with Crippen molar-refractivity contribution in [2.24, 2.45) is 0 Å². The number of methoxy groups -OCH3 is 1. The van der Waals surface area contributed by atoms with E-state index in [4.69, 9.17) is 14.7 Å². The quantitative estimate of drug-likeness (QED) is 0.637. The molecule has 0 spiro atoms. The Kier molecular flexibility index (Phi) is 7.61. The summed E-state index contributed by atoms with van der Waals surface area (Å²) in [5.41, 5.74) is 0.956. The van der Waals surface area contributed by atoms with Gasteiger partial charge >= 0.3 is 5.97 Å². The largest absolute Gasteiger partial charge is 0.480 e. The van der Waals surface area contributed by atoms with Crippen molar-refractivity contribution in [3.63, 3.8) is 0 Å². The first-order valence-corrected chi connectivity index (χ1v) is 6.65. The van der Waals surface area contributed by atoms with E-state index in [0.29, 0.717) is 17.7 Å². The molecule has 0 aliphatic heterocycles. The summed E-state index contributed by atoms with van der Waals surface area (Å²) in [5, 5.41) is 20.6. The molecule has 1 rings (SSSR count). The monoisotopic (exact) mass is 306 g/mol. The molecule has 0 aliphatic carbocycles. The maximum absolute atomic E-state index is 11.7. The van der Waals surface area contributed by atoms with Crippen molar-refractivity contribution in [1.82, 2.24) is 5.32 Å². The molecule has 0 unspecified atom stereocenters. The third kappa shape index (κ3) is 5.91. The van der Waals surface area contributed by atoms with Crippen LogP contribution in [0.5, 0.6) is 0 Å². The van der Waals surface area contributed by atoms with E-state index in [9.17, 15) is 14.7 Å². The topological polar surface area (TPSA) is 109 Å². The SMILES string of the molecule is COCCOCC(=O)N[C@@H](Cc1ccccc1C#N)C(=O)O. The number of ether oxygens (including phenoxy) is 2. The van der Waals surface area contributed by atoms with E-state index >= 15 is 0 Å². The molecule has 0 heterocycles. The van der Waals surface area contributed by atoms with Crippen molar-refractivity contribution in [3.8, 4) is 6.07 Å². The van der Waals surface area contributed by atoms with E-state index in [1.807, 2.05) is 6.07 Å². The Bertz CT molecular complexity index is 553. The highest BCUT2D eigenvalue weighted by molar-refractivity contribution is 5.84. The zero-order valence-electron chi connectivity index (χ0n) is 12.2. The molecule has 0 radical (unpaired) electrons. The first-order valence-electron chi connectivity index (χ1n) is 6.65. The zero-order valence-corrected chi connectivity index (χ0v) is 12.2. The highest BCUT2D eigenvalue weighted by atomic mass is 16.5. The van der Waals surface area contributed by atoms with Gasteiger partial charge in [0.2, 0.25) is 5.91 Å². The van der Waals surface area contributed by atoms with E-state index in [0.717, 1.165) is 0 Å². The molecule has 118 valence electrons. The molecule has 1 aromatic carbocycles. The molecule has 2 N–H and O–H groups in total. The average Bonchev–Trinajstić information content (AvgIpc) is 2.51. The second-order valence-electron chi connectivity index (χ2n) is 4.48. The number of hydrogen-bond acceptors (Lipinski definition) is 5. The van der Waals surface area contributed by atoms with Crippen LogP contribution in [0.1, 0.15) is 11.1 Å². The number of hydrogen-bond donors (Lipinski definition) is 2. The molecule has 1 atom stereocenters. The second kappa shape index (κ2) is 9.50. The third-order valence-electron chi connectivity index (χ3n) is 2.86. The molecule has 1 amide bonds. The summed E-state index contributed by atoms with van der Waals surface area (Å²) >= 11 is 0. The number of carboxylic acids is 1. The van der Waals surface area contributed by atoms with Crippen molar-refractivity contribution in [2.75, 3.05) is 26.9 Å². The highest BCUT2D eigenvalue weighted by Gasteiger charge is 2.21. The van der Waals surface area contributed by atoms with Crippen LogP contribution in [0.15, 0.2) is 24.3 Å². The van der Waals surface area contributed by atoms with Crippen LogP contribution in [0.25, 0.3) is 0 Å². The van der Waals surface area contributed by atoms with Crippen molar-refractivity contribution >= 4 is 11.9 Å². The molecule has 7 heteroatoms. The van der Waals surface area contributed by atoms with Gasteiger partial charge in [-0.25, -0.2) is 4.79 Å². The molecule has 1 aromatic rings. The van der Waals surface area contributed by atoms with E-state index in [-0.39, 0.29) is 19.6 Å². The lowest BCUT2D eigenvalue weighted by molar-refractivity contribution is -0.142. The van der Waals surface area contributed by atoms with Crippen LogP contribution in [0.3, 0.4) is 0 Å². The Morgan fingerprint density at radius 3 is 2.73 bits per heavy atom. The number of nitriles is 1. The van der Waals surface area contributed by atoms with Crippen molar-refractivity contribution < 1.29 is 24.2 Å². The number of benzene rings is 1. The summed E-state index contributed by atoms with van der Waals surface area (Å²) in [6.45, 7) is 0.358. The van der Waals surface area contributed by atoms with Gasteiger partial charge in [0.05, 0.1) is 24.8 Å². The fraction of sp³-hybridized carbons (Fsp3) is 0.400. The van der Waals surface area contributed by atoms with E-state index < -0.39 is 17.9 Å². The van der Waals surface area contributed by atoms with Gasteiger partial charge in [0.15, 0.2) is 0 Å². The fourth-order valence-corrected chi connectivity index (χ4v) is 1.77. The molecule has 0 fully saturated rings. The fourth-order valence-electron chi connectivity index (χ4n) is 1.77. The lowest BCUT2D eigenvalue weighted by atomic mass is 10.0. The van der Waals surface area contributed by atoms with E-state index in [1.54, 1.807) is 24.3 Å². The highest BCUT2D eigenvalue weighted by Crippen LogP contribution is 2.10. The molecule has 0 aromatic heterocycles. The number of rotatable bonds is 9. The zero-order chi connectivity index (χ0) is 16.4. The minimum atomic E-state index is -1.17. The Morgan fingerprint density at radius 2 is 2.09 bits per heavy atom. The van der Waals surface area contributed by atoms with Gasteiger partial charge < -0.3 is 19.9 Å². The summed E-state index contributed by atoms with van der Waals surface area (Å²) < 4.78 is 9.80. The van der Waals surface area contributed by atoms with Gasteiger partial charge in [0.25, 0.3) is 0 Å². The number of carbonyl (C=O) groups is 2. The average molecular weight is 306 g/mol. The lowest BCUT2D eigenvalue weighted by Gasteiger charge is -2.15. The maximum atomic E-state index is 11.7. The number of aliphatic carboxylic acids is 1. The predicted molar refractivity (Wildman–Crippen MR) is 77.1 cm³/mol. The maximum Gasteiger partial charge on any atom is 0.326 e. The molecule has 7 nitrogen and oxygen atoms in total. The molecular weight excluding hydrogens is 288 g/mol. The van der Waals surface area contributed by atoms with Crippen molar-refractivity contribution in [1.29, 1.82) is 5.26 Å². The van der Waals surface area contributed by atoms with Crippen LogP contribution in [-0.2, 0) is 25.5 Å². The van der Waals surface area contributed by atoms with Crippen LogP contribution < -0.4 is 5.32 Å². The molecule has 0 saturated carbocycles. The normalized spacial score (nSPS) is 11.5. The summed E-state index contributed by atoms with van der Waals surface area (Å²) in [6, 6.07) is 7.55. The summed E-state index contributed by atoms with van der Waals surface area (Å²) in [6.07, 6.45) is 0.0306. The number of carbonyl (C=O) groups excluding carboxylic acids is 1. The molecule has 0 bridgehead atoms. The lowest BCUT2D eigenvalue weighted by Crippen LogP contribution is -2.44. The van der Waals surface area contributed by atoms with Crippen LogP contribution in [-0.4, -0.2) is 50.0 Å². The standard InChI is InChI=1S/C15H18N2O5/c1-21-6-7-22-10-14(18)17-13(15(19)20)8-11-4-2-3-5-12(11)9-16/h2-5,13H,6-8,10H2,1H3,(H,17,18)(H,19,20)/t13-/m0/s1. The first kappa shape index (κ1) is 17.6. The van der Waals surface area contributed by atoms with Crippen LogP contribution in [0.4, 0.5) is 0 Å². The van der Waals surface area contributed by atoms with Gasteiger partial charge in [-0.05, 0) is 11.6 Å². The number of carboxylic acid groups (broad SMARTS) is 1. The van der Waals surface area contributed by atoms with Gasteiger partial charge in [-0.3, -0.25) is 4.79 Å². The predicted octanol–water partition coefficient (Wildman–Crippen LogP) is 0.333. The summed E-state index contributed by atoms with van der Waals surface area (Å²) in [7, 11) is 1.51. The third-order valence-corrected chi connectivity index (χ3v) is 2.86. The Hall–Kier alpha value is -2.43. The van der Waals surface area contributed by atoms with Gasteiger partial charge in [-0.1, -0.05) is 18.2 Å². The van der Waals surface area contributed by atoms with Gasteiger partial charge in [-0.2, -0.15) is 5.26 Å². The summed E-state index contributed by atoms with van der Waals surface area (Å²) in [4.78, 5) is 22.9. The van der Waals surface area contributed by atoms with Gasteiger partial charge in [0, 0.05) is 13.5 Å². The van der Waals surface area contributed by atoms with E-state index in [2.05, 4.69) is 5.32 Å². The van der Waals surface area contributed by atoms with Crippen LogP contribution >= 0.6 is 0 Å². The second-order valence-corrected chi connectivity index (χ2v) is 4.48. The van der Waals surface area contributed by atoms with Gasteiger partial charge in [-0.15, -0.1) is 0 Å². The molecular formula is C15H18N2O5. The Morgan fingerprint density at radius 1 is 1.36 bits per heavy atom. The number of nitrogens with one attached hydrogen (secondary N) is 1. The van der Waals surface area contributed by atoms with Gasteiger partial charge in [0.1, 0.15) is 12.6 Å². The van der Waals surface area contributed by atoms with Crippen molar-refractivity contribution in [2.45, 2.75) is 12.5 Å². The van der Waals surface area contributed by atoms with Crippen LogP contribution in [0, 0.1) is 11.3 Å². The molecule has 22 heavy (non-hydrogen) atoms. The minimum absolute atomic E-state index is 0.0306. The first-order chi connectivity index (χ1) is 10.6. The molecule has 0 saturated heterocycles. The van der Waals surface area contributed by atoms with Crippen molar-refractivity contribution in [3.05, 3.63) is 35.4 Å². The number of nitrogens with zero attached hydrogens (tertiary/aromatic N) is 1. The Balaban J connectivity index is 2.61. The van der Waals surface area contributed by atoms with Crippen LogP contribution in [0.2, 0.25) is 0 Å². The molecule has 0 aliphatic rings. The minimum Gasteiger partial charge on any atom is -0.480 e. The Labute approximate surface area is 128 Å². The van der Waals surface area contributed by atoms with E-state index in [1.165, 1.54) is 7.11 Å². The smallest absolute Gasteiger partial charge is 0.326 e. The number of amides is 1.